The summed E-state index contributed by atoms with van der Waals surface area (Å²) in [5.74, 6) is 1.55. The molecular formula is C18H35N5O3. The number of nitrogens with one attached hydrogen (secondary N) is 2. The number of guanidine groups is 1. The van der Waals surface area contributed by atoms with E-state index in [1.165, 1.54) is 20.0 Å². The molecular weight excluding hydrogens is 334 g/mol. The molecule has 0 aliphatic carbocycles. The third-order valence-corrected chi connectivity index (χ3v) is 5.37. The number of likely N-dealkylation sites (tertiary alicyclic amines) is 2. The lowest BCUT2D eigenvalue weighted by molar-refractivity contribution is 0.111. The average molecular weight is 370 g/mol. The van der Waals surface area contributed by atoms with Crippen molar-refractivity contribution in [2.45, 2.75) is 31.7 Å². The molecule has 150 valence electrons. The zero-order valence-corrected chi connectivity index (χ0v) is 16.5. The van der Waals surface area contributed by atoms with Gasteiger partial charge in [-0.25, -0.2) is 4.79 Å². The Morgan fingerprint density at radius 1 is 1.12 bits per heavy atom. The Bertz CT molecular complexity index is 444. The summed E-state index contributed by atoms with van der Waals surface area (Å²) in [6.07, 6.45) is 4.01. The minimum atomic E-state index is -0.234. The molecule has 0 aromatic carbocycles. The Hall–Kier alpha value is -1.54. The summed E-state index contributed by atoms with van der Waals surface area (Å²) in [7, 11) is 5.00. The molecule has 2 fully saturated rings. The molecule has 2 N–H and O–H groups in total. The Balaban J connectivity index is 1.64. The van der Waals surface area contributed by atoms with Gasteiger partial charge in [-0.05, 0) is 44.7 Å². The topological polar surface area (TPSA) is 78.4 Å². The van der Waals surface area contributed by atoms with Crippen LogP contribution in [0.3, 0.4) is 0 Å². The van der Waals surface area contributed by atoms with Gasteiger partial charge in [0.2, 0.25) is 0 Å². The number of hydrogen-bond donors (Lipinski definition) is 2. The molecule has 0 unspecified atom stereocenters. The van der Waals surface area contributed by atoms with Crippen molar-refractivity contribution in [2.24, 2.45) is 10.9 Å². The minimum absolute atomic E-state index is 0.234. The van der Waals surface area contributed by atoms with Crippen molar-refractivity contribution in [2.75, 3.05) is 67.1 Å². The molecule has 26 heavy (non-hydrogen) atoms. The number of piperidine rings is 2. The fraction of sp³-hybridized carbons (Fsp3) is 0.889. The van der Waals surface area contributed by atoms with E-state index in [2.05, 4.69) is 20.5 Å². The van der Waals surface area contributed by atoms with Gasteiger partial charge in [-0.3, -0.25) is 4.99 Å². The SMILES string of the molecule is CN=C(NCC1CCN(CCOC)CC1)NC1CCN(C(=O)OC)CC1. The van der Waals surface area contributed by atoms with Gasteiger partial charge < -0.3 is 29.9 Å². The molecule has 2 heterocycles. The molecule has 0 atom stereocenters. The van der Waals surface area contributed by atoms with Gasteiger partial charge in [-0.15, -0.1) is 0 Å². The van der Waals surface area contributed by atoms with Crippen LogP contribution < -0.4 is 10.6 Å². The Labute approximate surface area is 157 Å². The van der Waals surface area contributed by atoms with Crippen LogP contribution in [0.4, 0.5) is 4.79 Å². The number of carbonyl (C=O) groups excluding carboxylic acids is 1. The second-order valence-electron chi connectivity index (χ2n) is 7.11. The lowest BCUT2D eigenvalue weighted by atomic mass is 9.97. The summed E-state index contributed by atoms with van der Waals surface area (Å²) >= 11 is 0. The molecule has 8 heteroatoms. The van der Waals surface area contributed by atoms with Crippen LogP contribution in [0.5, 0.6) is 0 Å². The molecule has 0 spiro atoms. The van der Waals surface area contributed by atoms with Crippen molar-refractivity contribution in [3.63, 3.8) is 0 Å². The molecule has 0 aromatic rings. The van der Waals surface area contributed by atoms with E-state index < -0.39 is 0 Å². The molecule has 2 rings (SSSR count). The van der Waals surface area contributed by atoms with Gasteiger partial charge in [0.1, 0.15) is 0 Å². The fourth-order valence-electron chi connectivity index (χ4n) is 3.60. The van der Waals surface area contributed by atoms with Crippen LogP contribution in [0.2, 0.25) is 0 Å². The maximum absolute atomic E-state index is 11.5. The number of hydrogen-bond acceptors (Lipinski definition) is 5. The summed E-state index contributed by atoms with van der Waals surface area (Å²) in [4.78, 5) is 20.1. The van der Waals surface area contributed by atoms with Gasteiger partial charge in [-0.2, -0.15) is 0 Å². The Morgan fingerprint density at radius 2 is 1.81 bits per heavy atom. The molecule has 0 saturated carbocycles. The van der Waals surface area contributed by atoms with Gasteiger partial charge in [0.05, 0.1) is 13.7 Å². The highest BCUT2D eigenvalue weighted by Crippen LogP contribution is 2.16. The molecule has 0 bridgehead atoms. The number of amides is 1. The molecule has 8 nitrogen and oxygen atoms in total. The third kappa shape index (κ3) is 6.64. The highest BCUT2D eigenvalue weighted by Gasteiger charge is 2.24. The first kappa shape index (κ1) is 20.8. The summed E-state index contributed by atoms with van der Waals surface area (Å²) in [5, 5.41) is 6.97. The van der Waals surface area contributed by atoms with Crippen LogP contribution in [-0.4, -0.2) is 95.0 Å². The second kappa shape index (κ2) is 11.2. The highest BCUT2D eigenvalue weighted by molar-refractivity contribution is 5.80. The normalized spacial score (nSPS) is 20.9. The zero-order valence-electron chi connectivity index (χ0n) is 16.5. The van der Waals surface area contributed by atoms with Crippen LogP contribution in [0.25, 0.3) is 0 Å². The fourth-order valence-corrected chi connectivity index (χ4v) is 3.60. The average Bonchev–Trinajstić information content (AvgIpc) is 2.70. The van der Waals surface area contributed by atoms with E-state index in [1.54, 1.807) is 12.0 Å². The van der Waals surface area contributed by atoms with E-state index in [1.807, 2.05) is 7.05 Å². The standard InChI is InChI=1S/C18H35N5O3/c1-19-17(21-16-6-10-23(11-7-16)18(24)26-3)20-14-15-4-8-22(9-5-15)12-13-25-2/h15-16H,4-14H2,1-3H3,(H2,19,20,21). The zero-order chi connectivity index (χ0) is 18.8. The lowest BCUT2D eigenvalue weighted by Gasteiger charge is -2.33. The Morgan fingerprint density at radius 3 is 2.38 bits per heavy atom. The smallest absolute Gasteiger partial charge is 0.409 e. The predicted molar refractivity (Wildman–Crippen MR) is 103 cm³/mol. The first-order valence-electron chi connectivity index (χ1n) is 9.67. The van der Waals surface area contributed by atoms with Crippen molar-refractivity contribution >= 4 is 12.1 Å². The number of ether oxygens (including phenoxy) is 2. The van der Waals surface area contributed by atoms with E-state index >= 15 is 0 Å². The van der Waals surface area contributed by atoms with E-state index in [-0.39, 0.29) is 6.09 Å². The third-order valence-electron chi connectivity index (χ3n) is 5.37. The van der Waals surface area contributed by atoms with Crippen molar-refractivity contribution in [1.82, 2.24) is 20.4 Å². The van der Waals surface area contributed by atoms with Crippen molar-refractivity contribution < 1.29 is 14.3 Å². The molecule has 2 aliphatic heterocycles. The largest absolute Gasteiger partial charge is 0.453 e. The van der Waals surface area contributed by atoms with Crippen LogP contribution in [0, 0.1) is 5.92 Å². The van der Waals surface area contributed by atoms with Crippen molar-refractivity contribution in [3.8, 4) is 0 Å². The van der Waals surface area contributed by atoms with E-state index in [0.29, 0.717) is 12.0 Å². The minimum Gasteiger partial charge on any atom is -0.453 e. The molecule has 0 radical (unpaired) electrons. The maximum atomic E-state index is 11.5. The monoisotopic (exact) mass is 369 g/mol. The number of rotatable bonds is 6. The van der Waals surface area contributed by atoms with Crippen LogP contribution in [-0.2, 0) is 9.47 Å². The van der Waals surface area contributed by atoms with Gasteiger partial charge in [0.15, 0.2) is 5.96 Å². The van der Waals surface area contributed by atoms with Gasteiger partial charge in [-0.1, -0.05) is 0 Å². The van der Waals surface area contributed by atoms with Gasteiger partial charge in [0, 0.05) is 46.4 Å². The van der Waals surface area contributed by atoms with E-state index in [4.69, 9.17) is 9.47 Å². The number of methoxy groups -OCH3 is 2. The predicted octanol–water partition coefficient (Wildman–Crippen LogP) is 0.741. The van der Waals surface area contributed by atoms with Crippen molar-refractivity contribution in [3.05, 3.63) is 0 Å². The van der Waals surface area contributed by atoms with Crippen LogP contribution >= 0.6 is 0 Å². The molecule has 0 aromatic heterocycles. The molecule has 2 saturated heterocycles. The summed E-state index contributed by atoms with van der Waals surface area (Å²) in [5.41, 5.74) is 0. The van der Waals surface area contributed by atoms with Crippen LogP contribution in [0.1, 0.15) is 25.7 Å². The number of aliphatic imine (C=N–C) groups is 1. The summed E-state index contributed by atoms with van der Waals surface area (Å²) in [6, 6.07) is 0.345. The molecule has 2 aliphatic rings. The first-order chi connectivity index (χ1) is 12.7. The Kier molecular flexibility index (Phi) is 8.97. The van der Waals surface area contributed by atoms with Gasteiger partial charge >= 0.3 is 6.09 Å². The molecule has 1 amide bonds. The maximum Gasteiger partial charge on any atom is 0.409 e. The van der Waals surface area contributed by atoms with E-state index in [0.717, 1.165) is 64.7 Å². The first-order valence-corrected chi connectivity index (χ1v) is 9.67. The number of carbonyl (C=O) groups is 1. The summed E-state index contributed by atoms with van der Waals surface area (Å²) < 4.78 is 9.94. The highest BCUT2D eigenvalue weighted by atomic mass is 16.5. The second-order valence-corrected chi connectivity index (χ2v) is 7.11. The van der Waals surface area contributed by atoms with Gasteiger partial charge in [0.25, 0.3) is 0 Å². The summed E-state index contributed by atoms with van der Waals surface area (Å²) in [6.45, 7) is 6.54. The van der Waals surface area contributed by atoms with Crippen LogP contribution in [0.15, 0.2) is 4.99 Å². The lowest BCUT2D eigenvalue weighted by Crippen LogP contribution is -2.50. The number of nitrogens with zero attached hydrogens (tertiary/aromatic N) is 3. The van der Waals surface area contributed by atoms with E-state index in [9.17, 15) is 4.79 Å². The van der Waals surface area contributed by atoms with Crippen molar-refractivity contribution in [1.29, 1.82) is 0 Å². The quantitative estimate of drug-likeness (QED) is 0.531.